The van der Waals surface area contributed by atoms with E-state index < -0.39 is 51.3 Å². The quantitative estimate of drug-likeness (QED) is 0.446. The minimum Gasteiger partial charge on any atom is -0.438 e. The molecule has 0 radical (unpaired) electrons. The van der Waals surface area contributed by atoms with E-state index in [4.69, 9.17) is 28.7 Å². The van der Waals surface area contributed by atoms with E-state index in [1.54, 1.807) is 24.3 Å². The van der Waals surface area contributed by atoms with E-state index in [2.05, 4.69) is 14.0 Å². The summed E-state index contributed by atoms with van der Waals surface area (Å²) in [6.07, 6.45) is -7.42. The number of benzene rings is 1. The standard InChI is InChI=1S/C16H21O12P/c1-22-15(17)27-12-11(9-25-29(19,20)21)26-14(13(12)28-16(18)23-2)24-8-10-6-4-3-5-7-10/h3-7,11-14H,8-9H2,1-2H3,(H2,19,20,21)/t11-,12-,13-,14-/m1/s1. The largest absolute Gasteiger partial charge is 0.508 e. The van der Waals surface area contributed by atoms with Crippen molar-refractivity contribution in [2.45, 2.75) is 31.2 Å². The molecule has 1 aliphatic rings. The lowest BCUT2D eigenvalue weighted by atomic mass is 10.1. The minimum absolute atomic E-state index is 0.0452. The lowest BCUT2D eigenvalue weighted by Crippen LogP contribution is -2.42. The van der Waals surface area contributed by atoms with E-state index in [9.17, 15) is 14.2 Å². The molecule has 0 aliphatic carbocycles. The van der Waals surface area contributed by atoms with Crippen molar-refractivity contribution in [1.29, 1.82) is 0 Å². The van der Waals surface area contributed by atoms with E-state index >= 15 is 0 Å². The van der Waals surface area contributed by atoms with Crippen LogP contribution in [-0.2, 0) is 44.1 Å². The van der Waals surface area contributed by atoms with Crippen LogP contribution in [0.5, 0.6) is 0 Å². The predicted octanol–water partition coefficient (Wildman–Crippen LogP) is 1.34. The van der Waals surface area contributed by atoms with Crippen molar-refractivity contribution in [2.24, 2.45) is 0 Å². The Bertz CT molecular complexity index is 720. The van der Waals surface area contributed by atoms with Gasteiger partial charge < -0.3 is 38.2 Å². The number of carbonyl (C=O) groups excluding carboxylic acids is 2. The minimum atomic E-state index is -4.85. The zero-order chi connectivity index (χ0) is 21.4. The third kappa shape index (κ3) is 7.28. The molecule has 0 amide bonds. The van der Waals surface area contributed by atoms with Crippen LogP contribution in [0.2, 0.25) is 0 Å². The van der Waals surface area contributed by atoms with Gasteiger partial charge in [-0.1, -0.05) is 30.3 Å². The summed E-state index contributed by atoms with van der Waals surface area (Å²) < 4.78 is 45.6. The van der Waals surface area contributed by atoms with Gasteiger partial charge in [0.1, 0.15) is 6.10 Å². The first kappa shape index (κ1) is 23.1. The van der Waals surface area contributed by atoms with Gasteiger partial charge in [0.05, 0.1) is 27.4 Å². The Morgan fingerprint density at radius 1 is 1.03 bits per heavy atom. The number of carbonyl (C=O) groups is 2. The Balaban J connectivity index is 2.19. The first-order chi connectivity index (χ1) is 13.7. The molecule has 1 heterocycles. The molecule has 1 aromatic rings. The van der Waals surface area contributed by atoms with Crippen LogP contribution in [0, 0.1) is 0 Å². The molecule has 12 nitrogen and oxygen atoms in total. The monoisotopic (exact) mass is 436 g/mol. The van der Waals surface area contributed by atoms with E-state index in [0.717, 1.165) is 19.8 Å². The van der Waals surface area contributed by atoms with Gasteiger partial charge in [0.15, 0.2) is 18.5 Å². The van der Waals surface area contributed by atoms with Gasteiger partial charge in [-0.05, 0) is 5.56 Å². The highest BCUT2D eigenvalue weighted by molar-refractivity contribution is 7.46. The predicted molar refractivity (Wildman–Crippen MR) is 92.4 cm³/mol. The topological polar surface area (TPSA) is 156 Å². The van der Waals surface area contributed by atoms with Gasteiger partial charge in [0.2, 0.25) is 0 Å². The highest BCUT2D eigenvalue weighted by Crippen LogP contribution is 2.38. The molecular formula is C16H21O12P. The molecule has 1 aliphatic heterocycles. The van der Waals surface area contributed by atoms with Gasteiger partial charge in [0.25, 0.3) is 0 Å². The fourth-order valence-corrected chi connectivity index (χ4v) is 2.81. The van der Waals surface area contributed by atoms with Crippen LogP contribution in [0.25, 0.3) is 0 Å². The highest BCUT2D eigenvalue weighted by Gasteiger charge is 2.51. The van der Waals surface area contributed by atoms with Crippen LogP contribution in [0.15, 0.2) is 30.3 Å². The average molecular weight is 436 g/mol. The van der Waals surface area contributed by atoms with Crippen molar-refractivity contribution in [3.05, 3.63) is 35.9 Å². The molecule has 0 spiro atoms. The van der Waals surface area contributed by atoms with Gasteiger partial charge in [-0.3, -0.25) is 4.52 Å². The summed E-state index contributed by atoms with van der Waals surface area (Å²) in [5.41, 5.74) is 0.772. The van der Waals surface area contributed by atoms with Crippen LogP contribution >= 0.6 is 7.82 Å². The summed E-state index contributed by atoms with van der Waals surface area (Å²) in [6.45, 7) is -0.637. The second kappa shape index (κ2) is 10.5. The second-order valence-electron chi connectivity index (χ2n) is 5.70. The highest BCUT2D eigenvalue weighted by atomic mass is 31.2. The summed E-state index contributed by atoms with van der Waals surface area (Å²) in [5, 5.41) is 0. The Morgan fingerprint density at radius 2 is 1.62 bits per heavy atom. The van der Waals surface area contributed by atoms with Crippen molar-refractivity contribution < 1.29 is 56.9 Å². The Kier molecular flexibility index (Phi) is 8.38. The number of hydrogen-bond acceptors (Lipinski definition) is 10. The van der Waals surface area contributed by atoms with E-state index in [1.807, 2.05) is 6.07 Å². The van der Waals surface area contributed by atoms with Gasteiger partial charge in [0, 0.05) is 0 Å². The summed E-state index contributed by atoms with van der Waals surface area (Å²) in [5.74, 6) is 0. The van der Waals surface area contributed by atoms with Crippen molar-refractivity contribution in [2.75, 3.05) is 20.8 Å². The lowest BCUT2D eigenvalue weighted by molar-refractivity contribution is -0.178. The van der Waals surface area contributed by atoms with E-state index in [-0.39, 0.29) is 6.61 Å². The maximum absolute atomic E-state index is 11.6. The summed E-state index contributed by atoms with van der Waals surface area (Å²) in [6, 6.07) is 8.95. The Hall–Kier alpha value is -2.21. The summed E-state index contributed by atoms with van der Waals surface area (Å²) in [4.78, 5) is 41.1. The third-order valence-corrected chi connectivity index (χ3v) is 4.21. The molecule has 1 fully saturated rings. The number of phosphoric acid groups is 1. The third-order valence-electron chi connectivity index (χ3n) is 3.73. The van der Waals surface area contributed by atoms with E-state index in [0.29, 0.717) is 0 Å². The molecule has 162 valence electrons. The lowest BCUT2D eigenvalue weighted by Gasteiger charge is -2.23. The SMILES string of the molecule is COC(=O)O[C@H]1[C@H](OCc2ccccc2)O[C@H](COP(=O)(O)O)[C@H]1OC(=O)OC. The first-order valence-electron chi connectivity index (χ1n) is 8.23. The number of hydrogen-bond donors (Lipinski definition) is 2. The molecule has 2 rings (SSSR count). The molecule has 0 bridgehead atoms. The Labute approximate surface area is 165 Å². The van der Waals surface area contributed by atoms with Crippen LogP contribution in [-0.4, -0.2) is 67.5 Å². The fourth-order valence-electron chi connectivity index (χ4n) is 2.47. The van der Waals surface area contributed by atoms with Crippen molar-refractivity contribution >= 4 is 20.1 Å². The number of rotatable bonds is 8. The van der Waals surface area contributed by atoms with Gasteiger partial charge in [-0.25, -0.2) is 14.2 Å². The molecule has 4 atom stereocenters. The van der Waals surface area contributed by atoms with Gasteiger partial charge in [-0.15, -0.1) is 0 Å². The normalized spacial score (nSPS) is 24.0. The van der Waals surface area contributed by atoms with Crippen LogP contribution in [0.3, 0.4) is 0 Å². The molecular weight excluding hydrogens is 415 g/mol. The van der Waals surface area contributed by atoms with E-state index in [1.165, 1.54) is 0 Å². The fraction of sp³-hybridized carbons (Fsp3) is 0.500. The Morgan fingerprint density at radius 3 is 2.17 bits per heavy atom. The molecule has 1 aromatic carbocycles. The first-order valence-corrected chi connectivity index (χ1v) is 9.77. The molecule has 0 aromatic heterocycles. The van der Waals surface area contributed by atoms with Gasteiger partial charge >= 0.3 is 20.1 Å². The second-order valence-corrected chi connectivity index (χ2v) is 6.94. The molecule has 13 heteroatoms. The van der Waals surface area contributed by atoms with Crippen molar-refractivity contribution in [3.63, 3.8) is 0 Å². The van der Waals surface area contributed by atoms with Gasteiger partial charge in [-0.2, -0.15) is 0 Å². The van der Waals surface area contributed by atoms with Crippen LogP contribution < -0.4 is 0 Å². The molecule has 2 N–H and O–H groups in total. The molecule has 0 saturated carbocycles. The summed E-state index contributed by atoms with van der Waals surface area (Å²) in [7, 11) is -2.72. The zero-order valence-corrected chi connectivity index (χ0v) is 16.4. The van der Waals surface area contributed by atoms with Crippen molar-refractivity contribution in [1.82, 2.24) is 0 Å². The zero-order valence-electron chi connectivity index (χ0n) is 15.5. The molecule has 0 unspecified atom stereocenters. The number of phosphoric ester groups is 1. The smallest absolute Gasteiger partial charge is 0.438 e. The molecule has 29 heavy (non-hydrogen) atoms. The maximum atomic E-state index is 11.6. The number of ether oxygens (including phenoxy) is 6. The number of methoxy groups -OCH3 is 2. The van der Waals surface area contributed by atoms with Crippen LogP contribution in [0.4, 0.5) is 9.59 Å². The maximum Gasteiger partial charge on any atom is 0.508 e. The molecule has 1 saturated heterocycles. The van der Waals surface area contributed by atoms with Crippen molar-refractivity contribution in [3.8, 4) is 0 Å². The van der Waals surface area contributed by atoms with Crippen LogP contribution in [0.1, 0.15) is 5.56 Å². The average Bonchev–Trinajstić information content (AvgIpc) is 3.01. The summed E-state index contributed by atoms with van der Waals surface area (Å²) >= 11 is 0.